The summed E-state index contributed by atoms with van der Waals surface area (Å²) in [7, 11) is 3.68. The first kappa shape index (κ1) is 20.8. The second-order valence-electron chi connectivity index (χ2n) is 6.90. The molecule has 1 atom stereocenters. The van der Waals surface area contributed by atoms with Crippen LogP contribution in [0.25, 0.3) is 0 Å². The molecular formula is C22H23ClFN5. The molecule has 1 heterocycles. The minimum Gasteiger partial charge on any atom is -0.381 e. The lowest BCUT2D eigenvalue weighted by atomic mass is 10.0. The molecule has 150 valence electrons. The third-order valence-electron chi connectivity index (χ3n) is 4.58. The molecule has 0 saturated heterocycles. The standard InChI is InChI=1S/C22H23ClFN5/c1-29(2)22(26)15-5-3-14(4-6-15)12-27-19-10-8-17(24)11-18(19)21(25)20-9-7-16(23)13-28-20/h3-11,13,21,26-27H,12,25H2,1-2H3. The molecule has 2 aromatic carbocycles. The zero-order chi connectivity index (χ0) is 21.0. The summed E-state index contributed by atoms with van der Waals surface area (Å²) in [4.78, 5) is 6.01. The van der Waals surface area contributed by atoms with Gasteiger partial charge in [-0.3, -0.25) is 10.4 Å². The average Bonchev–Trinajstić information content (AvgIpc) is 2.72. The van der Waals surface area contributed by atoms with Crippen LogP contribution in [0, 0.1) is 11.2 Å². The third-order valence-corrected chi connectivity index (χ3v) is 4.80. The zero-order valence-electron chi connectivity index (χ0n) is 16.3. The van der Waals surface area contributed by atoms with Gasteiger partial charge >= 0.3 is 0 Å². The Kier molecular flexibility index (Phi) is 6.46. The van der Waals surface area contributed by atoms with Gasteiger partial charge in [0.25, 0.3) is 0 Å². The molecule has 0 spiro atoms. The number of nitrogens with one attached hydrogen (secondary N) is 2. The van der Waals surface area contributed by atoms with Crippen LogP contribution in [0.5, 0.6) is 0 Å². The molecular weight excluding hydrogens is 389 g/mol. The van der Waals surface area contributed by atoms with Gasteiger partial charge in [0.2, 0.25) is 0 Å². The van der Waals surface area contributed by atoms with Crippen LogP contribution in [-0.2, 0) is 6.54 Å². The molecule has 4 N–H and O–H groups in total. The molecule has 0 amide bonds. The maximum Gasteiger partial charge on any atom is 0.127 e. The number of amidine groups is 1. The first-order chi connectivity index (χ1) is 13.8. The van der Waals surface area contributed by atoms with Gasteiger partial charge < -0.3 is 16.0 Å². The molecule has 0 bridgehead atoms. The van der Waals surface area contributed by atoms with Gasteiger partial charge in [-0.15, -0.1) is 0 Å². The van der Waals surface area contributed by atoms with Crippen molar-refractivity contribution in [2.75, 3.05) is 19.4 Å². The summed E-state index contributed by atoms with van der Waals surface area (Å²) in [6, 6.07) is 15.1. The quantitative estimate of drug-likeness (QED) is 0.414. The van der Waals surface area contributed by atoms with Crippen LogP contribution < -0.4 is 11.1 Å². The van der Waals surface area contributed by atoms with Crippen LogP contribution in [-0.4, -0.2) is 29.8 Å². The van der Waals surface area contributed by atoms with Crippen molar-refractivity contribution in [1.82, 2.24) is 9.88 Å². The van der Waals surface area contributed by atoms with Gasteiger partial charge in [-0.1, -0.05) is 35.9 Å². The van der Waals surface area contributed by atoms with Crippen LogP contribution >= 0.6 is 11.6 Å². The van der Waals surface area contributed by atoms with E-state index in [1.54, 1.807) is 23.1 Å². The molecule has 0 aliphatic carbocycles. The summed E-state index contributed by atoms with van der Waals surface area (Å²) < 4.78 is 13.9. The number of benzene rings is 2. The smallest absolute Gasteiger partial charge is 0.127 e. The summed E-state index contributed by atoms with van der Waals surface area (Å²) >= 11 is 5.89. The van der Waals surface area contributed by atoms with Crippen LogP contribution in [0.1, 0.15) is 28.4 Å². The van der Waals surface area contributed by atoms with E-state index in [1.807, 2.05) is 38.4 Å². The lowest BCUT2D eigenvalue weighted by Crippen LogP contribution is -2.21. The van der Waals surface area contributed by atoms with E-state index in [-0.39, 0.29) is 5.82 Å². The van der Waals surface area contributed by atoms with Gasteiger partial charge in [0, 0.05) is 43.7 Å². The van der Waals surface area contributed by atoms with E-state index >= 15 is 0 Å². The highest BCUT2D eigenvalue weighted by atomic mass is 35.5. The second-order valence-corrected chi connectivity index (χ2v) is 7.34. The Balaban J connectivity index is 1.77. The normalized spacial score (nSPS) is 11.8. The summed E-state index contributed by atoms with van der Waals surface area (Å²) in [5, 5.41) is 11.9. The van der Waals surface area contributed by atoms with Crippen LogP contribution in [0.15, 0.2) is 60.8 Å². The predicted octanol–water partition coefficient (Wildman–Crippen LogP) is 4.42. The molecule has 0 fully saturated rings. The van der Waals surface area contributed by atoms with E-state index in [1.165, 1.54) is 18.3 Å². The number of nitrogens with zero attached hydrogens (tertiary/aromatic N) is 2. The Morgan fingerprint density at radius 1 is 1.17 bits per heavy atom. The van der Waals surface area contributed by atoms with Crippen LogP contribution in [0.4, 0.5) is 10.1 Å². The summed E-state index contributed by atoms with van der Waals surface area (Å²) in [6.45, 7) is 0.537. The number of hydrogen-bond donors (Lipinski definition) is 3. The topological polar surface area (TPSA) is 78.0 Å². The van der Waals surface area contributed by atoms with Crippen molar-refractivity contribution >= 4 is 23.1 Å². The second kappa shape index (κ2) is 9.03. The number of pyridine rings is 1. The molecule has 7 heteroatoms. The Hall–Kier alpha value is -2.96. The van der Waals surface area contributed by atoms with Crippen molar-refractivity contribution in [3.8, 4) is 0 Å². The summed E-state index contributed by atoms with van der Waals surface area (Å²) in [5.41, 5.74) is 10.2. The Labute approximate surface area is 174 Å². The molecule has 0 saturated carbocycles. The number of aromatic nitrogens is 1. The minimum absolute atomic E-state index is 0.360. The van der Waals surface area contributed by atoms with Crippen molar-refractivity contribution in [1.29, 1.82) is 5.41 Å². The fourth-order valence-electron chi connectivity index (χ4n) is 2.92. The van der Waals surface area contributed by atoms with Crippen LogP contribution in [0.3, 0.4) is 0 Å². The number of nitrogens with two attached hydrogens (primary N) is 1. The fraction of sp³-hybridized carbons (Fsp3) is 0.182. The highest BCUT2D eigenvalue weighted by Crippen LogP contribution is 2.27. The maximum atomic E-state index is 13.9. The lowest BCUT2D eigenvalue weighted by Gasteiger charge is -2.18. The number of halogens is 2. The molecule has 3 rings (SSSR count). The van der Waals surface area contributed by atoms with Crippen LogP contribution in [0.2, 0.25) is 5.02 Å². The molecule has 1 unspecified atom stereocenters. The summed E-state index contributed by atoms with van der Waals surface area (Å²) in [5.74, 6) is 0.0910. The molecule has 1 aromatic heterocycles. The summed E-state index contributed by atoms with van der Waals surface area (Å²) in [6.07, 6.45) is 1.52. The van der Waals surface area contributed by atoms with Gasteiger partial charge in [-0.05, 0) is 35.9 Å². The predicted molar refractivity (Wildman–Crippen MR) is 116 cm³/mol. The molecule has 0 radical (unpaired) electrons. The molecule has 5 nitrogen and oxygen atoms in total. The van der Waals surface area contributed by atoms with Crippen molar-refractivity contribution in [3.05, 3.63) is 94.0 Å². The molecule has 3 aromatic rings. The lowest BCUT2D eigenvalue weighted by molar-refractivity contribution is 0.619. The van der Waals surface area contributed by atoms with Gasteiger partial charge in [0.1, 0.15) is 11.7 Å². The van der Waals surface area contributed by atoms with E-state index in [0.29, 0.717) is 28.7 Å². The van der Waals surface area contributed by atoms with Crippen molar-refractivity contribution in [3.63, 3.8) is 0 Å². The monoisotopic (exact) mass is 411 g/mol. The SMILES string of the molecule is CN(C)C(=N)c1ccc(CNc2ccc(F)cc2C(N)c2ccc(Cl)cn2)cc1. The zero-order valence-corrected chi connectivity index (χ0v) is 17.0. The Bertz CT molecular complexity index is 987. The molecule has 0 aliphatic rings. The van der Waals surface area contributed by atoms with E-state index in [9.17, 15) is 4.39 Å². The van der Waals surface area contributed by atoms with Gasteiger partial charge in [0.05, 0.1) is 16.8 Å². The number of hydrogen-bond acceptors (Lipinski definition) is 4. The Morgan fingerprint density at radius 3 is 2.52 bits per heavy atom. The fourth-order valence-corrected chi connectivity index (χ4v) is 3.03. The third kappa shape index (κ3) is 5.10. The van der Waals surface area contributed by atoms with Crippen molar-refractivity contribution < 1.29 is 4.39 Å². The van der Waals surface area contributed by atoms with Crippen molar-refractivity contribution in [2.24, 2.45) is 5.73 Å². The van der Waals surface area contributed by atoms with E-state index in [0.717, 1.165) is 16.8 Å². The minimum atomic E-state index is -0.589. The van der Waals surface area contributed by atoms with E-state index in [2.05, 4.69) is 10.3 Å². The van der Waals surface area contributed by atoms with Gasteiger partial charge in [-0.25, -0.2) is 4.39 Å². The number of anilines is 1. The van der Waals surface area contributed by atoms with Crippen molar-refractivity contribution in [2.45, 2.75) is 12.6 Å². The average molecular weight is 412 g/mol. The van der Waals surface area contributed by atoms with E-state index < -0.39 is 6.04 Å². The molecule has 29 heavy (non-hydrogen) atoms. The highest BCUT2D eigenvalue weighted by Gasteiger charge is 2.16. The first-order valence-electron chi connectivity index (χ1n) is 9.10. The Morgan fingerprint density at radius 2 is 1.90 bits per heavy atom. The van der Waals surface area contributed by atoms with Gasteiger partial charge in [-0.2, -0.15) is 0 Å². The van der Waals surface area contributed by atoms with Gasteiger partial charge in [0.15, 0.2) is 0 Å². The first-order valence-corrected chi connectivity index (χ1v) is 9.48. The van der Waals surface area contributed by atoms with E-state index in [4.69, 9.17) is 22.7 Å². The molecule has 0 aliphatic heterocycles. The highest BCUT2D eigenvalue weighted by molar-refractivity contribution is 6.30. The number of rotatable bonds is 6. The largest absolute Gasteiger partial charge is 0.381 e. The maximum absolute atomic E-state index is 13.9.